The maximum atomic E-state index is 14.8. The summed E-state index contributed by atoms with van der Waals surface area (Å²) in [6, 6.07) is 6.31. The van der Waals surface area contributed by atoms with Gasteiger partial charge in [0.1, 0.15) is 18.3 Å². The fourth-order valence-corrected chi connectivity index (χ4v) is 3.56. The Morgan fingerprint density at radius 2 is 1.63 bits per heavy atom. The van der Waals surface area contributed by atoms with Crippen LogP contribution in [-0.2, 0) is 4.79 Å². The predicted octanol–water partition coefficient (Wildman–Crippen LogP) is 6.82. The monoisotopic (exact) mass is 608 g/mol. The van der Waals surface area contributed by atoms with Crippen LogP contribution in [0.5, 0.6) is 0 Å². The predicted molar refractivity (Wildman–Crippen MR) is 120 cm³/mol. The molecule has 2 aromatic rings. The Morgan fingerprint density at radius 1 is 0.971 bits per heavy atom. The lowest BCUT2D eigenvalue weighted by atomic mass is 9.96. The third kappa shape index (κ3) is 8.69. The molecule has 14 heteroatoms. The topological polar surface area (TPSA) is 58.2 Å². The third-order valence-corrected chi connectivity index (χ3v) is 5.75. The normalized spacial score (nSPS) is 13.4. The molecule has 2 amide bonds. The van der Waals surface area contributed by atoms with E-state index < -0.39 is 49.0 Å². The van der Waals surface area contributed by atoms with Gasteiger partial charge in [0.2, 0.25) is 5.91 Å². The number of alkyl halides is 6. The van der Waals surface area contributed by atoms with Crippen LogP contribution in [0.15, 0.2) is 46.9 Å². The van der Waals surface area contributed by atoms with Crippen LogP contribution >= 0.6 is 39.1 Å². The first kappa shape index (κ1) is 28.9. The van der Waals surface area contributed by atoms with Gasteiger partial charge in [0.05, 0.1) is 22.2 Å². The Morgan fingerprint density at radius 3 is 2.17 bits per heavy atom. The summed E-state index contributed by atoms with van der Waals surface area (Å²) in [5, 5.41) is 3.53. The van der Waals surface area contributed by atoms with Gasteiger partial charge in [-0.05, 0) is 51.8 Å². The van der Waals surface area contributed by atoms with Crippen LogP contribution in [0.4, 0.5) is 30.7 Å². The fraction of sp³-hybridized carbons (Fsp3) is 0.238. The molecular formula is C21H14BrCl2F7N2O2. The zero-order valence-electron chi connectivity index (χ0n) is 17.1. The highest BCUT2D eigenvalue weighted by molar-refractivity contribution is 9.10. The average Bonchev–Trinajstić information content (AvgIpc) is 2.74. The van der Waals surface area contributed by atoms with Crippen molar-refractivity contribution in [3.8, 4) is 0 Å². The molecule has 0 fully saturated rings. The minimum absolute atomic E-state index is 0.0245. The van der Waals surface area contributed by atoms with Crippen LogP contribution in [0.1, 0.15) is 27.4 Å². The maximum Gasteiger partial charge on any atom is 0.405 e. The summed E-state index contributed by atoms with van der Waals surface area (Å²) < 4.78 is 91.8. The Hall–Kier alpha value is -2.31. The van der Waals surface area contributed by atoms with Gasteiger partial charge in [-0.2, -0.15) is 26.3 Å². The number of carbonyl (C=O) groups is 2. The Bertz CT molecular complexity index is 1140. The Labute approximate surface area is 212 Å². The summed E-state index contributed by atoms with van der Waals surface area (Å²) in [5.41, 5.74) is -0.784. The molecule has 0 spiro atoms. The average molecular weight is 610 g/mol. The molecule has 0 aliphatic heterocycles. The molecule has 1 unspecified atom stereocenters. The standard InChI is InChI=1S/C21H14BrCl2F7N2O2/c22-14-5-11(1-3-12(14)19(35)32-8-18(34)33-9-20(26,27)28)17(25)7-13(21(29,30)31)10-2-4-15(23)16(24)6-10/h1-7,13H,8-9H2,(H,32,35)(H,33,34)/b17-7-. The first-order valence-corrected chi connectivity index (χ1v) is 10.9. The Balaban J connectivity index is 2.19. The molecule has 2 N–H and O–H groups in total. The van der Waals surface area contributed by atoms with E-state index in [1.165, 1.54) is 0 Å². The SMILES string of the molecule is O=C(CNC(=O)c1ccc(/C(F)=C/C(c2ccc(Cl)c(Cl)c2)C(F)(F)F)cc1Br)NCC(F)(F)F. The fourth-order valence-electron chi connectivity index (χ4n) is 2.69. The van der Waals surface area contributed by atoms with Crippen molar-refractivity contribution < 1.29 is 40.3 Å². The second-order valence-corrected chi connectivity index (χ2v) is 8.65. The van der Waals surface area contributed by atoms with E-state index in [4.69, 9.17) is 23.2 Å². The van der Waals surface area contributed by atoms with Gasteiger partial charge < -0.3 is 10.6 Å². The van der Waals surface area contributed by atoms with Crippen LogP contribution in [0, 0.1) is 0 Å². The van der Waals surface area contributed by atoms with Crippen LogP contribution < -0.4 is 10.6 Å². The van der Waals surface area contributed by atoms with Crippen molar-refractivity contribution in [3.05, 3.63) is 73.7 Å². The summed E-state index contributed by atoms with van der Waals surface area (Å²) in [7, 11) is 0. The first-order valence-electron chi connectivity index (χ1n) is 9.39. The zero-order valence-corrected chi connectivity index (χ0v) is 20.2. The summed E-state index contributed by atoms with van der Waals surface area (Å²) in [5.74, 6) is -5.59. The van der Waals surface area contributed by atoms with Gasteiger partial charge in [-0.3, -0.25) is 9.59 Å². The third-order valence-electron chi connectivity index (χ3n) is 4.35. The van der Waals surface area contributed by atoms with E-state index in [0.717, 1.165) is 36.4 Å². The van der Waals surface area contributed by atoms with E-state index in [1.807, 2.05) is 0 Å². The second kappa shape index (κ2) is 11.6. The van der Waals surface area contributed by atoms with Gasteiger partial charge in [-0.1, -0.05) is 35.3 Å². The molecule has 0 saturated carbocycles. The molecular weight excluding hydrogens is 596 g/mol. The van der Waals surface area contributed by atoms with Crippen LogP contribution in [0.25, 0.3) is 5.83 Å². The second-order valence-electron chi connectivity index (χ2n) is 6.98. The summed E-state index contributed by atoms with van der Waals surface area (Å²) in [4.78, 5) is 23.6. The van der Waals surface area contributed by atoms with Crippen molar-refractivity contribution in [2.24, 2.45) is 0 Å². The number of benzene rings is 2. The van der Waals surface area contributed by atoms with Crippen molar-refractivity contribution in [3.63, 3.8) is 0 Å². The minimum Gasteiger partial charge on any atom is -0.345 e. The summed E-state index contributed by atoms with van der Waals surface area (Å²) in [6.45, 7) is -2.35. The van der Waals surface area contributed by atoms with Gasteiger partial charge in [0, 0.05) is 10.0 Å². The van der Waals surface area contributed by atoms with Gasteiger partial charge in [0.25, 0.3) is 5.91 Å². The van der Waals surface area contributed by atoms with Gasteiger partial charge in [0.15, 0.2) is 0 Å². The molecule has 0 aliphatic carbocycles. The van der Waals surface area contributed by atoms with Gasteiger partial charge >= 0.3 is 12.4 Å². The molecule has 0 radical (unpaired) electrons. The van der Waals surface area contributed by atoms with E-state index in [9.17, 15) is 40.3 Å². The summed E-state index contributed by atoms with van der Waals surface area (Å²) in [6.07, 6.45) is -9.15. The number of nitrogens with one attached hydrogen (secondary N) is 2. The number of rotatable bonds is 7. The molecule has 0 bridgehead atoms. The van der Waals surface area contributed by atoms with Crippen molar-refractivity contribution in [1.82, 2.24) is 10.6 Å². The van der Waals surface area contributed by atoms with Crippen LogP contribution in [0.3, 0.4) is 0 Å². The highest BCUT2D eigenvalue weighted by Crippen LogP contribution is 2.40. The van der Waals surface area contributed by atoms with Crippen molar-refractivity contribution >= 4 is 56.8 Å². The first-order chi connectivity index (χ1) is 16.1. The molecule has 190 valence electrons. The van der Waals surface area contributed by atoms with E-state index >= 15 is 0 Å². The summed E-state index contributed by atoms with van der Waals surface area (Å²) >= 11 is 14.5. The molecule has 2 aromatic carbocycles. The zero-order chi connectivity index (χ0) is 26.6. The number of hydrogen-bond donors (Lipinski definition) is 2. The van der Waals surface area contributed by atoms with Crippen LogP contribution in [-0.4, -0.2) is 37.3 Å². The molecule has 0 heterocycles. The van der Waals surface area contributed by atoms with Crippen molar-refractivity contribution in [2.45, 2.75) is 18.3 Å². The van der Waals surface area contributed by atoms with E-state index in [2.05, 4.69) is 21.2 Å². The van der Waals surface area contributed by atoms with E-state index in [1.54, 1.807) is 5.32 Å². The number of amides is 2. The number of allylic oxidation sites excluding steroid dienone is 1. The molecule has 0 saturated heterocycles. The smallest absolute Gasteiger partial charge is 0.345 e. The van der Waals surface area contributed by atoms with Crippen molar-refractivity contribution in [2.75, 3.05) is 13.1 Å². The minimum atomic E-state index is -4.86. The maximum absolute atomic E-state index is 14.8. The lowest BCUT2D eigenvalue weighted by molar-refractivity contribution is -0.139. The van der Waals surface area contributed by atoms with Gasteiger partial charge in [-0.25, -0.2) is 4.39 Å². The molecule has 2 rings (SSSR count). The molecule has 35 heavy (non-hydrogen) atoms. The quantitative estimate of drug-likeness (QED) is 0.339. The van der Waals surface area contributed by atoms with E-state index in [0.29, 0.717) is 6.08 Å². The lowest BCUT2D eigenvalue weighted by Crippen LogP contribution is -2.40. The number of hydrogen-bond acceptors (Lipinski definition) is 2. The van der Waals surface area contributed by atoms with Crippen molar-refractivity contribution in [1.29, 1.82) is 0 Å². The molecule has 0 aliphatic rings. The Kier molecular flexibility index (Phi) is 9.60. The number of halogens is 10. The van der Waals surface area contributed by atoms with E-state index in [-0.39, 0.29) is 31.2 Å². The number of carbonyl (C=O) groups excluding carboxylic acids is 2. The highest BCUT2D eigenvalue weighted by Gasteiger charge is 2.40. The lowest BCUT2D eigenvalue weighted by Gasteiger charge is -2.18. The molecule has 1 atom stereocenters. The highest BCUT2D eigenvalue weighted by atomic mass is 79.9. The largest absolute Gasteiger partial charge is 0.405 e. The molecule has 0 aromatic heterocycles. The van der Waals surface area contributed by atoms with Gasteiger partial charge in [-0.15, -0.1) is 0 Å². The van der Waals surface area contributed by atoms with Crippen LogP contribution in [0.2, 0.25) is 10.0 Å². The molecule has 4 nitrogen and oxygen atoms in total.